The normalized spacial score (nSPS) is 14.1. The van der Waals surface area contributed by atoms with E-state index < -0.39 is 36.7 Å². The van der Waals surface area contributed by atoms with Crippen LogP contribution in [-0.4, -0.2) is 65.5 Å². The minimum Gasteiger partial charge on any atom is -0.480 e. The number of benzene rings is 2. The summed E-state index contributed by atoms with van der Waals surface area (Å²) in [7, 11) is 0. The minimum atomic E-state index is -1.44. The van der Waals surface area contributed by atoms with E-state index in [-0.39, 0.29) is 18.9 Å². The highest BCUT2D eigenvalue weighted by atomic mass is 32.2. The summed E-state index contributed by atoms with van der Waals surface area (Å²) in [6.45, 7) is -0.646. The maximum absolute atomic E-state index is 12.5. The van der Waals surface area contributed by atoms with Gasteiger partial charge in [0.25, 0.3) is 0 Å². The Morgan fingerprint density at radius 1 is 1.00 bits per heavy atom. The molecule has 8 nitrogen and oxygen atoms in total. The van der Waals surface area contributed by atoms with Crippen molar-refractivity contribution in [3.63, 3.8) is 0 Å². The summed E-state index contributed by atoms with van der Waals surface area (Å²) in [6.07, 6.45) is 1.38. The Morgan fingerprint density at radius 2 is 1.59 bits per heavy atom. The van der Waals surface area contributed by atoms with E-state index in [1.54, 1.807) is 0 Å². The standard InChI is InChI=1S/C23H26N2O6S/c1-32-11-10-19(21(27)24-20(12-26)22(28)29)25-23(30)31-13-18-16-8-4-2-6-14(16)15-7-3-5-9-17(15)18/h2-9,18-20,26H,10-13H2,1H3,(H,24,27)(H,25,30)(H,28,29)/t19?,20-/m0/s1. The molecule has 0 saturated carbocycles. The SMILES string of the molecule is CSCCC(NC(=O)OCC1c2ccccc2-c2ccccc21)C(=O)N[C@@H](CO)C(=O)O. The predicted molar refractivity (Wildman–Crippen MR) is 122 cm³/mol. The molecule has 2 aromatic carbocycles. The van der Waals surface area contributed by atoms with Gasteiger partial charge in [-0.05, 0) is 40.7 Å². The van der Waals surface area contributed by atoms with Gasteiger partial charge < -0.3 is 25.6 Å². The Kier molecular flexibility index (Phi) is 8.13. The van der Waals surface area contributed by atoms with Crippen LogP contribution in [0.3, 0.4) is 0 Å². The first-order valence-electron chi connectivity index (χ1n) is 10.2. The molecule has 0 saturated heterocycles. The largest absolute Gasteiger partial charge is 0.480 e. The van der Waals surface area contributed by atoms with Crippen molar-refractivity contribution in [2.24, 2.45) is 0 Å². The number of nitrogens with one attached hydrogen (secondary N) is 2. The average Bonchev–Trinajstić information content (AvgIpc) is 3.12. The summed E-state index contributed by atoms with van der Waals surface area (Å²) >= 11 is 1.49. The van der Waals surface area contributed by atoms with Gasteiger partial charge in [-0.1, -0.05) is 48.5 Å². The first kappa shape index (κ1) is 23.6. The highest BCUT2D eigenvalue weighted by Gasteiger charge is 2.30. The Labute approximate surface area is 190 Å². The number of carboxylic acid groups (broad SMARTS) is 1. The van der Waals surface area contributed by atoms with Crippen LogP contribution in [0.4, 0.5) is 4.79 Å². The molecule has 1 aliphatic carbocycles. The molecule has 2 atom stereocenters. The number of fused-ring (bicyclic) bond motifs is 3. The van der Waals surface area contributed by atoms with Gasteiger partial charge in [0.2, 0.25) is 5.91 Å². The fourth-order valence-corrected chi connectivity index (χ4v) is 4.22. The van der Waals surface area contributed by atoms with Crippen LogP contribution < -0.4 is 10.6 Å². The quantitative estimate of drug-likeness (QED) is 0.430. The third kappa shape index (κ3) is 5.41. The van der Waals surface area contributed by atoms with Gasteiger partial charge in [-0.15, -0.1) is 0 Å². The first-order chi connectivity index (χ1) is 15.5. The topological polar surface area (TPSA) is 125 Å². The van der Waals surface area contributed by atoms with Gasteiger partial charge in [-0.3, -0.25) is 4.79 Å². The molecule has 3 rings (SSSR count). The molecule has 0 radical (unpaired) electrons. The number of hydrogen-bond acceptors (Lipinski definition) is 6. The average molecular weight is 459 g/mol. The Hall–Kier alpha value is -3.04. The summed E-state index contributed by atoms with van der Waals surface area (Å²) in [4.78, 5) is 36.1. The summed E-state index contributed by atoms with van der Waals surface area (Å²) in [5.74, 6) is -1.59. The lowest BCUT2D eigenvalue weighted by atomic mass is 9.98. The number of carbonyl (C=O) groups excluding carboxylic acids is 2. The van der Waals surface area contributed by atoms with Crippen molar-refractivity contribution in [3.8, 4) is 11.1 Å². The van der Waals surface area contributed by atoms with Crippen molar-refractivity contribution in [2.45, 2.75) is 24.4 Å². The first-order valence-corrected chi connectivity index (χ1v) is 11.6. The number of aliphatic hydroxyl groups excluding tert-OH is 1. The van der Waals surface area contributed by atoms with E-state index >= 15 is 0 Å². The molecule has 4 N–H and O–H groups in total. The van der Waals surface area contributed by atoms with Gasteiger partial charge >= 0.3 is 12.1 Å². The van der Waals surface area contributed by atoms with E-state index in [1.807, 2.05) is 54.8 Å². The van der Waals surface area contributed by atoms with Crippen molar-refractivity contribution in [3.05, 3.63) is 59.7 Å². The van der Waals surface area contributed by atoms with Crippen LogP contribution in [0.5, 0.6) is 0 Å². The van der Waals surface area contributed by atoms with Crippen LogP contribution in [0.2, 0.25) is 0 Å². The van der Waals surface area contributed by atoms with Crippen molar-refractivity contribution >= 4 is 29.7 Å². The number of carbonyl (C=O) groups is 3. The molecule has 0 fully saturated rings. The fourth-order valence-electron chi connectivity index (χ4n) is 3.74. The Bertz CT molecular complexity index is 937. The third-order valence-electron chi connectivity index (χ3n) is 5.36. The number of carboxylic acids is 1. The van der Waals surface area contributed by atoms with Crippen LogP contribution >= 0.6 is 11.8 Å². The molecule has 170 valence electrons. The molecule has 0 bridgehead atoms. The lowest BCUT2D eigenvalue weighted by Gasteiger charge is -2.21. The molecule has 1 aliphatic rings. The van der Waals surface area contributed by atoms with Crippen molar-refractivity contribution in [1.29, 1.82) is 0 Å². The number of aliphatic hydroxyl groups is 1. The second-order valence-electron chi connectivity index (χ2n) is 7.39. The zero-order chi connectivity index (χ0) is 23.1. The number of rotatable bonds is 10. The van der Waals surface area contributed by atoms with Crippen LogP contribution in [0.15, 0.2) is 48.5 Å². The molecule has 9 heteroatoms. The summed E-state index contributed by atoms with van der Waals surface area (Å²) in [5.41, 5.74) is 4.37. The van der Waals surface area contributed by atoms with Gasteiger partial charge in [0.15, 0.2) is 0 Å². The second kappa shape index (κ2) is 11.0. The second-order valence-corrected chi connectivity index (χ2v) is 8.37. The summed E-state index contributed by atoms with van der Waals surface area (Å²) < 4.78 is 5.48. The monoisotopic (exact) mass is 458 g/mol. The Balaban J connectivity index is 1.65. The molecular weight excluding hydrogens is 432 g/mol. The number of thioether (sulfide) groups is 1. The maximum Gasteiger partial charge on any atom is 0.407 e. The van der Waals surface area contributed by atoms with Crippen LogP contribution in [-0.2, 0) is 14.3 Å². The van der Waals surface area contributed by atoms with Gasteiger partial charge in [0.1, 0.15) is 18.7 Å². The van der Waals surface area contributed by atoms with Crippen LogP contribution in [0.25, 0.3) is 11.1 Å². The minimum absolute atomic E-state index is 0.102. The van der Waals surface area contributed by atoms with Crippen molar-refractivity contribution in [2.75, 3.05) is 25.2 Å². The lowest BCUT2D eigenvalue weighted by Crippen LogP contribution is -2.53. The Morgan fingerprint density at radius 3 is 2.12 bits per heavy atom. The van der Waals surface area contributed by atoms with Gasteiger partial charge in [-0.25, -0.2) is 9.59 Å². The zero-order valence-corrected chi connectivity index (χ0v) is 18.4. The maximum atomic E-state index is 12.5. The van der Waals surface area contributed by atoms with E-state index in [9.17, 15) is 14.4 Å². The molecule has 0 aromatic heterocycles. The molecule has 0 aliphatic heterocycles. The van der Waals surface area contributed by atoms with E-state index in [4.69, 9.17) is 14.9 Å². The smallest absolute Gasteiger partial charge is 0.407 e. The molecule has 0 heterocycles. The number of aliphatic carboxylic acids is 1. The van der Waals surface area contributed by atoms with Gasteiger partial charge in [-0.2, -0.15) is 11.8 Å². The highest BCUT2D eigenvalue weighted by molar-refractivity contribution is 7.98. The van der Waals surface area contributed by atoms with Crippen LogP contribution in [0, 0.1) is 0 Å². The van der Waals surface area contributed by atoms with Gasteiger partial charge in [0, 0.05) is 5.92 Å². The molecule has 0 spiro atoms. The molecule has 2 amide bonds. The van der Waals surface area contributed by atoms with E-state index in [2.05, 4.69) is 10.6 Å². The zero-order valence-electron chi connectivity index (χ0n) is 17.6. The van der Waals surface area contributed by atoms with E-state index in [0.717, 1.165) is 22.3 Å². The molecule has 32 heavy (non-hydrogen) atoms. The molecular formula is C23H26N2O6S. The number of amides is 2. The molecule has 1 unspecified atom stereocenters. The van der Waals surface area contributed by atoms with Crippen LogP contribution in [0.1, 0.15) is 23.5 Å². The van der Waals surface area contributed by atoms with Crippen molar-refractivity contribution < 1.29 is 29.3 Å². The summed E-state index contributed by atoms with van der Waals surface area (Å²) in [6, 6.07) is 13.5. The summed E-state index contributed by atoms with van der Waals surface area (Å²) in [5, 5.41) is 22.9. The lowest BCUT2D eigenvalue weighted by molar-refractivity contribution is -0.143. The third-order valence-corrected chi connectivity index (χ3v) is 6.00. The highest BCUT2D eigenvalue weighted by Crippen LogP contribution is 2.44. The van der Waals surface area contributed by atoms with E-state index in [1.165, 1.54) is 11.8 Å². The fraction of sp³-hybridized carbons (Fsp3) is 0.348. The number of hydrogen-bond donors (Lipinski definition) is 4. The predicted octanol–water partition coefficient (Wildman–Crippen LogP) is 2.21. The van der Waals surface area contributed by atoms with Crippen molar-refractivity contribution in [1.82, 2.24) is 10.6 Å². The molecule has 2 aromatic rings. The van der Waals surface area contributed by atoms with E-state index in [0.29, 0.717) is 5.75 Å². The number of ether oxygens (including phenoxy) is 1. The van der Waals surface area contributed by atoms with Gasteiger partial charge in [0.05, 0.1) is 6.61 Å². The number of alkyl carbamates (subject to hydrolysis) is 1.